The summed E-state index contributed by atoms with van der Waals surface area (Å²) in [6.07, 6.45) is 0.461. The van der Waals surface area contributed by atoms with Gasteiger partial charge >= 0.3 is 5.97 Å². The third-order valence-corrected chi connectivity index (χ3v) is 2.26. The number of rotatable bonds is 5. The number of nitrogens with one attached hydrogen (secondary N) is 1. The number of aliphatic carboxylic acids is 1. The average molecular weight is 180 g/mol. The Morgan fingerprint density at radius 1 is 1.64 bits per heavy atom. The average Bonchev–Trinajstić information content (AvgIpc) is 1.84. The highest BCUT2D eigenvalue weighted by atomic mass is 32.2. The normalized spacial score (nSPS) is 11.4. The van der Waals surface area contributed by atoms with Gasteiger partial charge in [0.15, 0.2) is 0 Å². The molecule has 1 radical (unpaired) electrons. The predicted molar refractivity (Wildman–Crippen MR) is 39.1 cm³/mol. The second-order valence-electron chi connectivity index (χ2n) is 1.92. The van der Waals surface area contributed by atoms with Gasteiger partial charge in [0.2, 0.25) is 10.0 Å². The molecule has 0 bridgehead atoms. The molecule has 11 heavy (non-hydrogen) atoms. The Morgan fingerprint density at radius 2 is 2.18 bits per heavy atom. The van der Waals surface area contributed by atoms with Crippen LogP contribution in [-0.2, 0) is 14.8 Å². The zero-order valence-corrected chi connectivity index (χ0v) is 6.89. The lowest BCUT2D eigenvalue weighted by Crippen LogP contribution is -2.26. The molecule has 0 atom stereocenters. The molecule has 0 heterocycles. The number of hydrogen-bond donors (Lipinski definition) is 2. The lowest BCUT2D eigenvalue weighted by atomic mass is 10.6. The van der Waals surface area contributed by atoms with Gasteiger partial charge in [-0.25, -0.2) is 8.42 Å². The third kappa shape index (κ3) is 5.81. The lowest BCUT2D eigenvalue weighted by Gasteiger charge is -2.00. The summed E-state index contributed by atoms with van der Waals surface area (Å²) in [5.74, 6) is -1.36. The van der Waals surface area contributed by atoms with Crippen molar-refractivity contribution in [3.05, 3.63) is 6.54 Å². The molecule has 0 aromatic carbocycles. The first-order chi connectivity index (χ1) is 4.98. The minimum atomic E-state index is -3.41. The summed E-state index contributed by atoms with van der Waals surface area (Å²) in [6, 6.07) is 0. The van der Waals surface area contributed by atoms with Crippen LogP contribution in [-0.4, -0.2) is 25.2 Å². The number of carboxylic acids is 1. The fourth-order valence-electron chi connectivity index (χ4n) is 0.468. The first-order valence-corrected chi connectivity index (χ1v) is 4.69. The molecule has 0 aliphatic rings. The van der Waals surface area contributed by atoms with Crippen LogP contribution in [0, 0.1) is 6.54 Å². The maximum Gasteiger partial charge on any atom is 0.324 e. The smallest absolute Gasteiger partial charge is 0.324 e. The van der Waals surface area contributed by atoms with Gasteiger partial charge in [0.25, 0.3) is 0 Å². The van der Waals surface area contributed by atoms with Crippen molar-refractivity contribution in [3.63, 3.8) is 0 Å². The van der Waals surface area contributed by atoms with Crippen molar-refractivity contribution in [2.24, 2.45) is 0 Å². The van der Waals surface area contributed by atoms with Gasteiger partial charge in [0.1, 0.15) is 6.54 Å². The van der Waals surface area contributed by atoms with Crippen molar-refractivity contribution in [1.82, 2.24) is 4.72 Å². The van der Waals surface area contributed by atoms with Gasteiger partial charge in [-0.1, -0.05) is 6.92 Å². The van der Waals surface area contributed by atoms with Crippen LogP contribution in [0.4, 0.5) is 0 Å². The summed E-state index contributed by atoms with van der Waals surface area (Å²) in [5.41, 5.74) is 0. The Hall–Kier alpha value is -0.620. The van der Waals surface area contributed by atoms with Gasteiger partial charge in [-0.3, -0.25) is 4.79 Å². The first kappa shape index (κ1) is 10.4. The van der Waals surface area contributed by atoms with Crippen LogP contribution in [0.3, 0.4) is 0 Å². The monoisotopic (exact) mass is 180 g/mol. The summed E-state index contributed by atoms with van der Waals surface area (Å²) in [6.45, 7) is 2.20. The van der Waals surface area contributed by atoms with Crippen molar-refractivity contribution in [2.45, 2.75) is 13.3 Å². The third-order valence-electron chi connectivity index (χ3n) is 0.835. The van der Waals surface area contributed by atoms with Crippen LogP contribution in [0.15, 0.2) is 0 Å². The molecule has 0 aliphatic carbocycles. The second kappa shape index (κ2) is 4.30. The van der Waals surface area contributed by atoms with Crippen LogP contribution in [0.1, 0.15) is 13.3 Å². The number of sulfonamides is 1. The summed E-state index contributed by atoms with van der Waals surface area (Å²) in [4.78, 5) is 9.87. The Bertz CT molecular complexity index is 221. The molecule has 0 saturated carbocycles. The Labute approximate surface area is 65.5 Å². The van der Waals surface area contributed by atoms with Crippen molar-refractivity contribution >= 4 is 16.0 Å². The first-order valence-electron chi connectivity index (χ1n) is 3.04. The van der Waals surface area contributed by atoms with Gasteiger partial charge in [0.05, 0.1) is 5.75 Å². The fraction of sp³-hybridized carbons (Fsp3) is 0.600. The second-order valence-corrected chi connectivity index (χ2v) is 3.79. The molecule has 65 valence electrons. The van der Waals surface area contributed by atoms with Crippen molar-refractivity contribution < 1.29 is 18.3 Å². The van der Waals surface area contributed by atoms with Crippen molar-refractivity contribution in [1.29, 1.82) is 0 Å². The summed E-state index contributed by atoms with van der Waals surface area (Å²) >= 11 is 0. The standard InChI is InChI=1S/C5H10NO4S/c1-2-3-11(9,10)6-4-5(7)8/h4,6H,2-3H2,1H3,(H,7,8). The Kier molecular flexibility index (Phi) is 4.06. The number of hydrogen-bond acceptors (Lipinski definition) is 3. The summed E-state index contributed by atoms with van der Waals surface area (Å²) in [5, 5.41) is 8.06. The number of carbonyl (C=O) groups is 1. The highest BCUT2D eigenvalue weighted by Gasteiger charge is 2.09. The molecule has 0 amide bonds. The van der Waals surface area contributed by atoms with E-state index in [9.17, 15) is 13.2 Å². The van der Waals surface area contributed by atoms with E-state index in [0.717, 1.165) is 0 Å². The SMILES string of the molecule is CCCS(=O)(=O)N[CH]C(=O)O. The van der Waals surface area contributed by atoms with Crippen LogP contribution in [0.5, 0.6) is 0 Å². The minimum Gasteiger partial charge on any atom is -0.480 e. The molecule has 0 rings (SSSR count). The topological polar surface area (TPSA) is 83.5 Å². The maximum atomic E-state index is 10.7. The molecule has 6 heteroatoms. The molecule has 5 nitrogen and oxygen atoms in total. The van der Waals surface area contributed by atoms with Crippen LogP contribution in [0.2, 0.25) is 0 Å². The highest BCUT2D eigenvalue weighted by molar-refractivity contribution is 7.89. The van der Waals surface area contributed by atoms with E-state index in [1.165, 1.54) is 0 Å². The zero-order valence-electron chi connectivity index (χ0n) is 6.07. The lowest BCUT2D eigenvalue weighted by molar-refractivity contribution is -0.133. The fourth-order valence-corrected chi connectivity index (χ4v) is 1.40. The van der Waals surface area contributed by atoms with Crippen LogP contribution >= 0.6 is 0 Å². The summed E-state index contributed by atoms with van der Waals surface area (Å²) in [7, 11) is -3.41. The molecular weight excluding hydrogens is 170 g/mol. The largest absolute Gasteiger partial charge is 0.480 e. The Balaban J connectivity index is 3.84. The van der Waals surface area contributed by atoms with Gasteiger partial charge in [-0.05, 0) is 6.42 Å². The van der Waals surface area contributed by atoms with Gasteiger partial charge in [0, 0.05) is 0 Å². The predicted octanol–water partition coefficient (Wildman–Crippen LogP) is -0.438. The van der Waals surface area contributed by atoms with E-state index in [1.54, 1.807) is 6.92 Å². The van der Waals surface area contributed by atoms with Crippen LogP contribution < -0.4 is 4.72 Å². The maximum absolute atomic E-state index is 10.7. The molecule has 0 aromatic rings. The van der Waals surface area contributed by atoms with E-state index in [2.05, 4.69) is 0 Å². The molecule has 0 unspecified atom stereocenters. The Morgan fingerprint density at radius 3 is 2.55 bits per heavy atom. The molecule has 0 spiro atoms. The van der Waals surface area contributed by atoms with E-state index in [-0.39, 0.29) is 5.75 Å². The minimum absolute atomic E-state index is 0.0588. The van der Waals surface area contributed by atoms with E-state index < -0.39 is 16.0 Å². The number of carboxylic acid groups (broad SMARTS) is 1. The summed E-state index contributed by atoms with van der Waals surface area (Å²) < 4.78 is 23.3. The van der Waals surface area contributed by atoms with Gasteiger partial charge < -0.3 is 5.11 Å². The zero-order chi connectivity index (χ0) is 8.91. The molecule has 0 fully saturated rings. The molecular formula is C5H10NO4S. The van der Waals surface area contributed by atoms with Gasteiger partial charge in [-0.2, -0.15) is 4.72 Å². The molecule has 0 aromatic heterocycles. The highest BCUT2D eigenvalue weighted by Crippen LogP contribution is 1.88. The molecule has 0 saturated heterocycles. The van der Waals surface area contributed by atoms with E-state index in [1.807, 2.05) is 4.72 Å². The quantitative estimate of drug-likeness (QED) is 0.601. The van der Waals surface area contributed by atoms with Gasteiger partial charge in [-0.15, -0.1) is 0 Å². The van der Waals surface area contributed by atoms with Crippen LogP contribution in [0.25, 0.3) is 0 Å². The van der Waals surface area contributed by atoms with Crippen molar-refractivity contribution in [3.8, 4) is 0 Å². The van der Waals surface area contributed by atoms with E-state index in [0.29, 0.717) is 13.0 Å². The van der Waals surface area contributed by atoms with E-state index in [4.69, 9.17) is 5.11 Å². The van der Waals surface area contributed by atoms with E-state index >= 15 is 0 Å². The molecule has 2 N–H and O–H groups in total. The molecule has 0 aliphatic heterocycles. The van der Waals surface area contributed by atoms with Crippen molar-refractivity contribution in [2.75, 3.05) is 5.75 Å².